The predicted molar refractivity (Wildman–Crippen MR) is 356 cm³/mol. The van der Waals surface area contributed by atoms with Gasteiger partial charge in [-0.3, -0.25) is 0 Å². The van der Waals surface area contributed by atoms with Crippen LogP contribution in [0.2, 0.25) is 0 Å². The Morgan fingerprint density at radius 1 is 0.325 bits per heavy atom. The second-order valence-corrected chi connectivity index (χ2v) is 22.6. The number of terminal acetylenes is 2. The van der Waals surface area contributed by atoms with Crippen LogP contribution in [0.25, 0.3) is 76.5 Å². The third-order valence-corrected chi connectivity index (χ3v) is 17.7. The van der Waals surface area contributed by atoms with E-state index in [1.165, 1.54) is 139 Å². The molecule has 1 aliphatic carbocycles. The predicted octanol–water partition coefficient (Wildman–Crippen LogP) is 22.7. The van der Waals surface area contributed by atoms with Crippen molar-refractivity contribution in [3.05, 3.63) is 265 Å². The minimum Gasteiger partial charge on any atom is -0.309 e. The molecule has 0 heterocycles. The summed E-state index contributed by atoms with van der Waals surface area (Å²) < 4.78 is 0. The average Bonchev–Trinajstić information content (AvgIpc) is 3.48. The molecule has 2 heteroatoms. The van der Waals surface area contributed by atoms with Crippen molar-refractivity contribution in [1.29, 1.82) is 0 Å². The number of anilines is 6. The molecule has 0 spiro atoms. The highest BCUT2D eigenvalue weighted by atomic mass is 15.2. The molecule has 12 aromatic carbocycles. The van der Waals surface area contributed by atoms with E-state index in [0.717, 1.165) is 58.1 Å². The van der Waals surface area contributed by atoms with Crippen LogP contribution >= 0.6 is 0 Å². The van der Waals surface area contributed by atoms with Gasteiger partial charge in [0.1, 0.15) is 0 Å². The van der Waals surface area contributed by atoms with Gasteiger partial charge in [0.25, 0.3) is 0 Å². The first-order chi connectivity index (χ1) is 41.0. The number of hydrogen-bond acceptors (Lipinski definition) is 2. The summed E-state index contributed by atoms with van der Waals surface area (Å²) >= 11 is 0. The first kappa shape index (κ1) is 52.8. The second-order valence-electron chi connectivity index (χ2n) is 22.6. The van der Waals surface area contributed by atoms with Crippen LogP contribution in [-0.4, -0.2) is 0 Å². The van der Waals surface area contributed by atoms with Crippen molar-refractivity contribution < 1.29 is 0 Å². The highest BCUT2D eigenvalue weighted by Crippen LogP contribution is 2.58. The van der Waals surface area contributed by atoms with Gasteiger partial charge in [0, 0.05) is 60.8 Å². The fraction of sp³-hybridized carbons (Fsp3) is 0.160. The van der Waals surface area contributed by atoms with Gasteiger partial charge in [-0.2, -0.15) is 0 Å². The maximum absolute atomic E-state index is 5.91. The molecule has 83 heavy (non-hydrogen) atoms. The van der Waals surface area contributed by atoms with Crippen LogP contribution in [0.1, 0.15) is 100 Å². The van der Waals surface area contributed by atoms with Crippen LogP contribution in [0.15, 0.2) is 243 Å². The van der Waals surface area contributed by atoms with Gasteiger partial charge in [-0.15, -0.1) is 12.8 Å². The minimum atomic E-state index is -0.196. The summed E-state index contributed by atoms with van der Waals surface area (Å²) in [5, 5.41) is 9.72. The third kappa shape index (κ3) is 9.49. The summed E-state index contributed by atoms with van der Waals surface area (Å²) in [7, 11) is 0. The van der Waals surface area contributed by atoms with E-state index in [2.05, 4.69) is 278 Å². The number of hydrogen-bond donors (Lipinski definition) is 0. The molecule has 0 unspecified atom stereocenters. The summed E-state index contributed by atoms with van der Waals surface area (Å²) in [4.78, 5) is 4.84. The summed E-state index contributed by atoms with van der Waals surface area (Å²) in [6, 6.07) is 89.8. The SMILES string of the molecule is C#Cc1ccc(N(c2ccccc2)c2c3ccccc3c(-c3ccc4c(c3)C(CCCCCC)(CCCCCC)c3cc(-c5c6ccccc6c(N(c6ccccc6)c6ccc(C#C)cc6)c6ccccc56)ccc3-4)c3ccccc23)cc1. The molecular weight excluding hydrogens is 1000 g/mol. The summed E-state index contributed by atoms with van der Waals surface area (Å²) in [6.07, 6.45) is 23.7. The van der Waals surface area contributed by atoms with Crippen molar-refractivity contribution >= 4 is 77.2 Å². The van der Waals surface area contributed by atoms with Crippen LogP contribution in [-0.2, 0) is 5.41 Å². The third-order valence-electron chi connectivity index (χ3n) is 17.7. The van der Waals surface area contributed by atoms with E-state index in [4.69, 9.17) is 12.8 Å². The lowest BCUT2D eigenvalue weighted by atomic mass is 9.69. The van der Waals surface area contributed by atoms with E-state index >= 15 is 0 Å². The zero-order valence-corrected chi connectivity index (χ0v) is 47.7. The van der Waals surface area contributed by atoms with Crippen LogP contribution in [0, 0.1) is 24.7 Å². The Labute approximate surface area is 490 Å². The van der Waals surface area contributed by atoms with E-state index < -0.39 is 0 Å². The van der Waals surface area contributed by atoms with Crippen molar-refractivity contribution in [2.24, 2.45) is 0 Å². The number of rotatable bonds is 18. The molecular formula is C81H68N2. The lowest BCUT2D eigenvalue weighted by molar-refractivity contribution is 0.401. The molecule has 12 aromatic rings. The molecule has 0 amide bonds. The van der Waals surface area contributed by atoms with Crippen molar-refractivity contribution in [1.82, 2.24) is 0 Å². The molecule has 0 N–H and O–H groups in total. The zero-order chi connectivity index (χ0) is 56.3. The van der Waals surface area contributed by atoms with E-state index in [9.17, 15) is 0 Å². The molecule has 2 nitrogen and oxygen atoms in total. The highest BCUT2D eigenvalue weighted by molar-refractivity contribution is 6.24. The molecule has 0 saturated carbocycles. The van der Waals surface area contributed by atoms with E-state index in [1.807, 2.05) is 0 Å². The quantitative estimate of drug-likeness (QED) is 0.0480. The molecule has 0 aromatic heterocycles. The van der Waals surface area contributed by atoms with Gasteiger partial charge in [0.15, 0.2) is 0 Å². The Bertz CT molecular complexity index is 4020. The molecule has 0 fully saturated rings. The topological polar surface area (TPSA) is 6.48 Å². The molecule has 0 bridgehead atoms. The molecule has 0 atom stereocenters. The fourth-order valence-corrected chi connectivity index (χ4v) is 13.9. The van der Waals surface area contributed by atoms with Crippen LogP contribution in [0.5, 0.6) is 0 Å². The van der Waals surface area contributed by atoms with E-state index in [-0.39, 0.29) is 5.41 Å². The lowest BCUT2D eigenvalue weighted by Gasteiger charge is -2.34. The van der Waals surface area contributed by atoms with Crippen molar-refractivity contribution in [2.45, 2.75) is 83.5 Å². The molecule has 0 radical (unpaired) electrons. The first-order valence-corrected chi connectivity index (χ1v) is 30.0. The molecule has 0 saturated heterocycles. The normalized spacial score (nSPS) is 12.3. The standard InChI is InChI=1S/C81H68N2/c1-5-9-11-27-53-81(54-28-12-10-6-2)75-55-59(77-67-33-19-23-37-71(67)79(72-38-24-20-34-68(72)77)82(61-29-15-13-16-30-61)63-47-41-57(7-3)42-48-63)45-51-65(75)66-52-46-60(56-76(66)81)78-69-35-21-25-39-73(69)80(74-40-26-22-36-70(74)78)83(62-31-17-14-18-32-62)64-49-43-58(8-4)44-50-64/h3-4,13-26,29-52,55-56H,5-6,9-12,27-28,53-54H2,1-2H3. The van der Waals surface area contributed by atoms with Crippen LogP contribution in [0.4, 0.5) is 34.1 Å². The summed E-state index contributed by atoms with van der Waals surface area (Å²) in [5.41, 5.74) is 18.9. The largest absolute Gasteiger partial charge is 0.309 e. The Balaban J connectivity index is 1.02. The zero-order valence-electron chi connectivity index (χ0n) is 47.7. The van der Waals surface area contributed by atoms with E-state index in [0.29, 0.717) is 0 Å². The van der Waals surface area contributed by atoms with Crippen LogP contribution < -0.4 is 9.80 Å². The van der Waals surface area contributed by atoms with Gasteiger partial charge in [0.05, 0.1) is 11.4 Å². The number of nitrogens with zero attached hydrogens (tertiary/aromatic N) is 2. The monoisotopic (exact) mass is 1070 g/mol. The van der Waals surface area contributed by atoms with Gasteiger partial charge < -0.3 is 9.80 Å². The van der Waals surface area contributed by atoms with Gasteiger partial charge in [0.2, 0.25) is 0 Å². The Kier molecular flexibility index (Phi) is 14.7. The Hall–Kier alpha value is -9.60. The smallest absolute Gasteiger partial charge is 0.0618 e. The van der Waals surface area contributed by atoms with Gasteiger partial charge in [-0.1, -0.05) is 235 Å². The Morgan fingerprint density at radius 3 is 0.964 bits per heavy atom. The number of unbranched alkanes of at least 4 members (excludes halogenated alkanes) is 6. The molecule has 0 aliphatic heterocycles. The lowest BCUT2D eigenvalue weighted by Crippen LogP contribution is -2.25. The van der Waals surface area contributed by atoms with Crippen molar-refractivity contribution in [2.75, 3.05) is 9.80 Å². The van der Waals surface area contributed by atoms with Crippen molar-refractivity contribution in [3.8, 4) is 58.1 Å². The number of benzene rings is 12. The highest BCUT2D eigenvalue weighted by Gasteiger charge is 2.43. The summed E-state index contributed by atoms with van der Waals surface area (Å²) in [5.74, 6) is 5.67. The first-order valence-electron chi connectivity index (χ1n) is 30.0. The maximum Gasteiger partial charge on any atom is 0.0618 e. The van der Waals surface area contributed by atoms with Crippen LogP contribution in [0.3, 0.4) is 0 Å². The van der Waals surface area contributed by atoms with Gasteiger partial charge in [-0.05, 0) is 164 Å². The molecule has 402 valence electrons. The fourth-order valence-electron chi connectivity index (χ4n) is 13.9. The maximum atomic E-state index is 5.91. The second kappa shape index (κ2) is 23.1. The Morgan fingerprint density at radius 2 is 0.639 bits per heavy atom. The molecule has 13 rings (SSSR count). The minimum absolute atomic E-state index is 0.196. The number of fused-ring (bicyclic) bond motifs is 7. The van der Waals surface area contributed by atoms with Gasteiger partial charge in [-0.25, -0.2) is 0 Å². The van der Waals surface area contributed by atoms with Crippen molar-refractivity contribution in [3.63, 3.8) is 0 Å². The number of para-hydroxylation sites is 2. The van der Waals surface area contributed by atoms with E-state index in [1.54, 1.807) is 0 Å². The van der Waals surface area contributed by atoms with Gasteiger partial charge >= 0.3 is 0 Å². The molecule has 1 aliphatic rings. The summed E-state index contributed by atoms with van der Waals surface area (Å²) in [6.45, 7) is 4.67. The average molecular weight is 1070 g/mol.